The first-order chi connectivity index (χ1) is 9.22. The molecule has 9 heteroatoms. The number of piperidine rings is 1. The zero-order valence-electron chi connectivity index (χ0n) is 10.0. The van der Waals surface area contributed by atoms with E-state index in [9.17, 15) is 5.11 Å². The monoisotopic (exact) mass is 281 g/mol. The second-order valence-corrected chi connectivity index (χ2v) is 4.60. The molecule has 0 spiro atoms. The predicted octanol–water partition coefficient (Wildman–Crippen LogP) is 0.0668. The Balaban J connectivity index is 1.90. The van der Waals surface area contributed by atoms with Crippen LogP contribution in [0.1, 0.15) is 12.8 Å². The molecule has 0 unspecified atom stereocenters. The molecule has 3 heterocycles. The summed E-state index contributed by atoms with van der Waals surface area (Å²) in [5.74, 6) is 0.830. The summed E-state index contributed by atoms with van der Waals surface area (Å²) >= 11 is 5.92. The quantitative estimate of drug-likeness (QED) is 0.832. The van der Waals surface area contributed by atoms with Crippen LogP contribution in [-0.2, 0) is 0 Å². The number of hydrogen-bond donors (Lipinski definition) is 1. The molecule has 8 nitrogen and oxygen atoms in total. The Labute approximate surface area is 114 Å². The lowest BCUT2D eigenvalue weighted by Gasteiger charge is -2.29. The Morgan fingerprint density at radius 3 is 2.58 bits per heavy atom. The van der Waals surface area contributed by atoms with E-state index in [2.05, 4.69) is 25.0 Å². The average molecular weight is 282 g/mol. The first kappa shape index (κ1) is 12.2. The first-order valence-electron chi connectivity index (χ1n) is 5.92. The summed E-state index contributed by atoms with van der Waals surface area (Å²) in [6.07, 6.45) is 4.04. The van der Waals surface area contributed by atoms with Crippen LogP contribution in [0.3, 0.4) is 0 Å². The van der Waals surface area contributed by atoms with E-state index in [0.29, 0.717) is 37.8 Å². The van der Waals surface area contributed by atoms with Crippen LogP contribution in [0.25, 0.3) is 5.95 Å². The molecule has 3 rings (SSSR count). The molecule has 2 aromatic heterocycles. The second kappa shape index (κ2) is 5.06. The van der Waals surface area contributed by atoms with Crippen molar-refractivity contribution in [2.24, 2.45) is 0 Å². The maximum Gasteiger partial charge on any atom is 0.258 e. The fraction of sp³-hybridized carbons (Fsp3) is 0.500. The fourth-order valence-electron chi connectivity index (χ4n) is 1.95. The molecule has 0 amide bonds. The minimum absolute atomic E-state index is 0.113. The molecule has 0 atom stereocenters. The van der Waals surface area contributed by atoms with E-state index in [0.717, 1.165) is 0 Å². The Morgan fingerprint density at radius 1 is 1.16 bits per heavy atom. The van der Waals surface area contributed by atoms with Gasteiger partial charge in [0.15, 0.2) is 0 Å². The van der Waals surface area contributed by atoms with Gasteiger partial charge in [0, 0.05) is 13.1 Å². The molecule has 0 aliphatic carbocycles. The highest BCUT2D eigenvalue weighted by atomic mass is 35.5. The van der Waals surface area contributed by atoms with Gasteiger partial charge in [-0.1, -0.05) is 0 Å². The molecule has 1 fully saturated rings. The van der Waals surface area contributed by atoms with Gasteiger partial charge in [0.1, 0.15) is 12.7 Å². The van der Waals surface area contributed by atoms with Gasteiger partial charge in [-0.25, -0.2) is 4.98 Å². The molecule has 19 heavy (non-hydrogen) atoms. The summed E-state index contributed by atoms with van der Waals surface area (Å²) in [4.78, 5) is 18.3. The van der Waals surface area contributed by atoms with Crippen molar-refractivity contribution in [3.05, 3.63) is 17.9 Å². The third-order valence-electron chi connectivity index (χ3n) is 2.96. The zero-order valence-corrected chi connectivity index (χ0v) is 10.8. The number of hydrogen-bond acceptors (Lipinski definition) is 7. The van der Waals surface area contributed by atoms with Crippen molar-refractivity contribution < 1.29 is 5.11 Å². The van der Waals surface area contributed by atoms with Gasteiger partial charge in [0.25, 0.3) is 5.95 Å². The number of rotatable bonds is 2. The van der Waals surface area contributed by atoms with Gasteiger partial charge < -0.3 is 10.0 Å². The number of aromatic nitrogens is 6. The Bertz CT molecular complexity index is 553. The summed E-state index contributed by atoms with van der Waals surface area (Å²) in [6.45, 7) is 1.39. The maximum absolute atomic E-state index is 9.50. The summed E-state index contributed by atoms with van der Waals surface area (Å²) < 4.78 is 1.43. The largest absolute Gasteiger partial charge is 0.393 e. The fourth-order valence-corrected chi connectivity index (χ4v) is 2.10. The van der Waals surface area contributed by atoms with Crippen molar-refractivity contribution in [1.82, 2.24) is 29.7 Å². The van der Waals surface area contributed by atoms with Crippen LogP contribution < -0.4 is 4.90 Å². The van der Waals surface area contributed by atoms with Crippen molar-refractivity contribution in [2.45, 2.75) is 18.9 Å². The van der Waals surface area contributed by atoms with Gasteiger partial charge in [-0.3, -0.25) is 0 Å². The number of nitrogens with zero attached hydrogens (tertiary/aromatic N) is 7. The first-order valence-corrected chi connectivity index (χ1v) is 6.30. The standard InChI is InChI=1S/C10H12ClN7O/c11-8-14-9(17-3-1-7(19)2-4-17)16-10(15-8)18-6-12-5-13-18/h5-7,19H,1-4H2. The lowest BCUT2D eigenvalue weighted by Crippen LogP contribution is -2.37. The Hall–Kier alpha value is -1.80. The normalized spacial score (nSPS) is 16.8. The van der Waals surface area contributed by atoms with Gasteiger partial charge in [-0.05, 0) is 24.4 Å². The van der Waals surface area contributed by atoms with Crippen molar-refractivity contribution >= 4 is 17.5 Å². The van der Waals surface area contributed by atoms with Crippen LogP contribution in [0.15, 0.2) is 12.7 Å². The minimum Gasteiger partial charge on any atom is -0.393 e. The highest BCUT2D eigenvalue weighted by molar-refractivity contribution is 6.28. The van der Waals surface area contributed by atoms with Crippen LogP contribution in [0, 0.1) is 0 Å². The number of anilines is 1. The average Bonchev–Trinajstić information content (AvgIpc) is 2.93. The highest BCUT2D eigenvalue weighted by Crippen LogP contribution is 2.18. The van der Waals surface area contributed by atoms with E-state index in [4.69, 9.17) is 11.6 Å². The van der Waals surface area contributed by atoms with Crippen molar-refractivity contribution in [2.75, 3.05) is 18.0 Å². The molecule has 1 aliphatic heterocycles. The number of aliphatic hydroxyl groups is 1. The van der Waals surface area contributed by atoms with Gasteiger partial charge in [-0.2, -0.15) is 24.7 Å². The summed E-state index contributed by atoms with van der Waals surface area (Å²) in [6, 6.07) is 0. The predicted molar refractivity (Wildman–Crippen MR) is 67.2 cm³/mol. The van der Waals surface area contributed by atoms with E-state index in [1.54, 1.807) is 0 Å². The molecule has 2 aromatic rings. The molecule has 0 aromatic carbocycles. The van der Waals surface area contributed by atoms with Crippen LogP contribution >= 0.6 is 11.6 Å². The third kappa shape index (κ3) is 2.64. The van der Waals surface area contributed by atoms with Gasteiger partial charge in [-0.15, -0.1) is 0 Å². The molecule has 1 aliphatic rings. The number of halogens is 1. The van der Waals surface area contributed by atoms with Crippen molar-refractivity contribution in [3.63, 3.8) is 0 Å². The Morgan fingerprint density at radius 2 is 1.89 bits per heavy atom. The highest BCUT2D eigenvalue weighted by Gasteiger charge is 2.20. The molecule has 100 valence electrons. The molecular weight excluding hydrogens is 270 g/mol. The molecule has 1 saturated heterocycles. The summed E-state index contributed by atoms with van der Waals surface area (Å²) in [5, 5.41) is 13.6. The van der Waals surface area contributed by atoms with Gasteiger partial charge >= 0.3 is 0 Å². The lowest BCUT2D eigenvalue weighted by atomic mass is 10.1. The minimum atomic E-state index is -0.247. The smallest absolute Gasteiger partial charge is 0.258 e. The van der Waals surface area contributed by atoms with Crippen LogP contribution in [0.5, 0.6) is 0 Å². The van der Waals surface area contributed by atoms with Crippen LogP contribution in [-0.4, -0.2) is 54.0 Å². The molecule has 1 N–H and O–H groups in total. The molecule has 0 bridgehead atoms. The summed E-state index contributed by atoms with van der Waals surface area (Å²) in [7, 11) is 0. The zero-order chi connectivity index (χ0) is 13.2. The molecule has 0 radical (unpaired) electrons. The second-order valence-electron chi connectivity index (χ2n) is 4.26. The van der Waals surface area contributed by atoms with E-state index in [1.807, 2.05) is 4.90 Å². The van der Waals surface area contributed by atoms with Gasteiger partial charge in [0.05, 0.1) is 6.10 Å². The van der Waals surface area contributed by atoms with Crippen LogP contribution in [0.4, 0.5) is 5.95 Å². The topological polar surface area (TPSA) is 92.8 Å². The van der Waals surface area contributed by atoms with E-state index in [-0.39, 0.29) is 11.4 Å². The maximum atomic E-state index is 9.50. The SMILES string of the molecule is OC1CCN(c2nc(Cl)nc(-n3cncn3)n2)CC1. The van der Waals surface area contributed by atoms with Crippen molar-refractivity contribution in [1.29, 1.82) is 0 Å². The lowest BCUT2D eigenvalue weighted by molar-refractivity contribution is 0.145. The molecular formula is C10H12ClN7O. The van der Waals surface area contributed by atoms with Crippen molar-refractivity contribution in [3.8, 4) is 5.95 Å². The van der Waals surface area contributed by atoms with Crippen LogP contribution in [0.2, 0.25) is 5.28 Å². The number of aliphatic hydroxyl groups excluding tert-OH is 1. The summed E-state index contributed by atoms with van der Waals surface area (Å²) in [5.41, 5.74) is 0. The third-order valence-corrected chi connectivity index (χ3v) is 3.12. The van der Waals surface area contributed by atoms with E-state index < -0.39 is 0 Å². The van der Waals surface area contributed by atoms with E-state index in [1.165, 1.54) is 17.3 Å². The van der Waals surface area contributed by atoms with E-state index >= 15 is 0 Å². The Kier molecular flexibility index (Phi) is 3.26. The molecule has 0 saturated carbocycles. The van der Waals surface area contributed by atoms with Gasteiger partial charge in [0.2, 0.25) is 11.2 Å².